The standard InChI is InChI=1S/C19H27NOS/c1-2-20(18(21)17-4-3-7-22-17)13-19-10-14-5-6-15(11-19)9-16(8-14)12-19/h3-4,7,14-16H,2,5-6,8-13H2,1H3/t14-,15+,16?,19?. The van der Waals surface area contributed by atoms with Crippen LogP contribution in [0.4, 0.5) is 0 Å². The number of fused-ring (bicyclic) bond motifs is 1. The molecule has 4 bridgehead atoms. The third-order valence-corrected chi connectivity index (χ3v) is 7.27. The molecule has 4 fully saturated rings. The summed E-state index contributed by atoms with van der Waals surface area (Å²) in [5, 5.41) is 2.01. The lowest BCUT2D eigenvalue weighted by Gasteiger charge is -2.50. The van der Waals surface area contributed by atoms with Crippen LogP contribution in [-0.2, 0) is 0 Å². The van der Waals surface area contributed by atoms with Gasteiger partial charge >= 0.3 is 0 Å². The van der Waals surface area contributed by atoms with Crippen molar-refractivity contribution in [2.45, 2.75) is 51.9 Å². The van der Waals surface area contributed by atoms with Gasteiger partial charge in [-0.1, -0.05) is 18.9 Å². The van der Waals surface area contributed by atoms with Crippen LogP contribution in [0.5, 0.6) is 0 Å². The zero-order valence-electron chi connectivity index (χ0n) is 13.6. The molecule has 1 aromatic heterocycles. The summed E-state index contributed by atoms with van der Waals surface area (Å²) in [5.74, 6) is 3.10. The SMILES string of the molecule is CCN(CC12CC3C[C@@H](CC[C@@H](C3)C1)C2)C(=O)c1cccs1. The molecule has 0 aromatic carbocycles. The summed E-state index contributed by atoms with van der Waals surface area (Å²) >= 11 is 1.58. The second kappa shape index (κ2) is 5.67. The summed E-state index contributed by atoms with van der Waals surface area (Å²) in [7, 11) is 0. The molecule has 0 N–H and O–H groups in total. The van der Waals surface area contributed by atoms with Gasteiger partial charge in [0.25, 0.3) is 5.91 Å². The highest BCUT2D eigenvalue weighted by Crippen LogP contribution is 2.57. The monoisotopic (exact) mass is 317 g/mol. The minimum Gasteiger partial charge on any atom is -0.338 e. The molecule has 0 spiro atoms. The van der Waals surface area contributed by atoms with Gasteiger partial charge in [-0.2, -0.15) is 0 Å². The Bertz CT molecular complexity index is 522. The van der Waals surface area contributed by atoms with Crippen LogP contribution in [0.3, 0.4) is 0 Å². The average molecular weight is 317 g/mol. The van der Waals surface area contributed by atoms with Crippen LogP contribution in [0.15, 0.2) is 17.5 Å². The van der Waals surface area contributed by atoms with Gasteiger partial charge in [0, 0.05) is 13.1 Å². The smallest absolute Gasteiger partial charge is 0.263 e. The molecule has 4 atom stereocenters. The molecule has 0 aliphatic heterocycles. The predicted octanol–water partition coefficient (Wildman–Crippen LogP) is 4.82. The van der Waals surface area contributed by atoms with E-state index in [-0.39, 0.29) is 5.91 Å². The molecule has 2 unspecified atom stereocenters. The Morgan fingerprint density at radius 1 is 1.23 bits per heavy atom. The average Bonchev–Trinajstić information content (AvgIpc) is 2.95. The van der Waals surface area contributed by atoms with E-state index in [4.69, 9.17) is 0 Å². The number of carbonyl (C=O) groups excluding carboxylic acids is 1. The highest BCUT2D eigenvalue weighted by Gasteiger charge is 2.49. The van der Waals surface area contributed by atoms with Crippen molar-refractivity contribution >= 4 is 17.2 Å². The summed E-state index contributed by atoms with van der Waals surface area (Å²) < 4.78 is 0. The fraction of sp³-hybridized carbons (Fsp3) is 0.737. The maximum absolute atomic E-state index is 12.8. The van der Waals surface area contributed by atoms with Gasteiger partial charge in [0.05, 0.1) is 4.88 Å². The van der Waals surface area contributed by atoms with Crippen molar-refractivity contribution in [1.29, 1.82) is 0 Å². The maximum atomic E-state index is 12.8. The Balaban J connectivity index is 1.55. The van der Waals surface area contributed by atoms with Crippen LogP contribution >= 0.6 is 11.3 Å². The number of nitrogens with zero attached hydrogens (tertiary/aromatic N) is 1. The zero-order chi connectivity index (χ0) is 15.2. The topological polar surface area (TPSA) is 20.3 Å². The molecule has 1 amide bonds. The van der Waals surface area contributed by atoms with Crippen LogP contribution in [0, 0.1) is 23.2 Å². The highest BCUT2D eigenvalue weighted by molar-refractivity contribution is 7.12. The Kier molecular flexibility index (Phi) is 3.80. The number of carbonyl (C=O) groups is 1. The molecule has 1 heterocycles. The molecule has 4 saturated carbocycles. The number of hydrogen-bond acceptors (Lipinski definition) is 2. The first kappa shape index (κ1) is 14.7. The Labute approximate surface area is 137 Å². The van der Waals surface area contributed by atoms with Crippen LogP contribution in [-0.4, -0.2) is 23.9 Å². The van der Waals surface area contributed by atoms with Crippen LogP contribution in [0.2, 0.25) is 0 Å². The van der Waals surface area contributed by atoms with Crippen LogP contribution < -0.4 is 0 Å². The first-order valence-corrected chi connectivity index (χ1v) is 9.88. The van der Waals surface area contributed by atoms with Crippen molar-refractivity contribution in [1.82, 2.24) is 4.90 Å². The number of hydrogen-bond donors (Lipinski definition) is 0. The first-order chi connectivity index (χ1) is 10.7. The van der Waals surface area contributed by atoms with E-state index in [9.17, 15) is 4.79 Å². The third-order valence-electron chi connectivity index (χ3n) is 6.41. The minimum absolute atomic E-state index is 0.256. The van der Waals surface area contributed by atoms with Crippen molar-refractivity contribution in [2.24, 2.45) is 23.2 Å². The quantitative estimate of drug-likeness (QED) is 0.780. The van der Waals surface area contributed by atoms with Gasteiger partial charge in [0.1, 0.15) is 0 Å². The normalized spacial score (nSPS) is 36.3. The summed E-state index contributed by atoms with van der Waals surface area (Å²) in [6, 6.07) is 3.96. The summed E-state index contributed by atoms with van der Waals surface area (Å²) in [5.41, 5.74) is 0.440. The molecule has 5 rings (SSSR count). The highest BCUT2D eigenvalue weighted by atomic mass is 32.1. The van der Waals surface area contributed by atoms with E-state index in [1.807, 2.05) is 17.5 Å². The lowest BCUT2D eigenvalue weighted by molar-refractivity contribution is 0.00588. The third kappa shape index (κ3) is 2.62. The molecule has 0 radical (unpaired) electrons. The van der Waals surface area contributed by atoms with Gasteiger partial charge in [-0.05, 0) is 73.6 Å². The molecule has 0 saturated heterocycles. The first-order valence-electron chi connectivity index (χ1n) is 9.00. The van der Waals surface area contributed by atoms with E-state index < -0.39 is 0 Å². The molecule has 3 heteroatoms. The van der Waals surface area contributed by atoms with Crippen molar-refractivity contribution in [3.05, 3.63) is 22.4 Å². The van der Waals surface area contributed by atoms with Crippen molar-refractivity contribution in [3.8, 4) is 0 Å². The Hall–Kier alpha value is -0.830. The van der Waals surface area contributed by atoms with Crippen molar-refractivity contribution < 1.29 is 4.79 Å². The minimum atomic E-state index is 0.256. The number of amides is 1. The van der Waals surface area contributed by atoms with Gasteiger partial charge in [0.15, 0.2) is 0 Å². The zero-order valence-corrected chi connectivity index (χ0v) is 14.4. The van der Waals surface area contributed by atoms with Crippen LogP contribution in [0.1, 0.15) is 61.5 Å². The van der Waals surface area contributed by atoms with Crippen LogP contribution in [0.25, 0.3) is 0 Å². The van der Waals surface area contributed by atoms with Crippen molar-refractivity contribution in [3.63, 3.8) is 0 Å². The summed E-state index contributed by atoms with van der Waals surface area (Å²) in [6.45, 7) is 3.99. The van der Waals surface area contributed by atoms with E-state index in [0.29, 0.717) is 5.41 Å². The Morgan fingerprint density at radius 2 is 1.91 bits per heavy atom. The molecule has 120 valence electrons. The van der Waals surface area contributed by atoms with Gasteiger partial charge in [-0.25, -0.2) is 0 Å². The van der Waals surface area contributed by atoms with Crippen molar-refractivity contribution in [2.75, 3.05) is 13.1 Å². The number of thiophene rings is 1. The van der Waals surface area contributed by atoms with E-state index in [0.717, 1.165) is 35.7 Å². The molecule has 4 aliphatic rings. The van der Waals surface area contributed by atoms with E-state index >= 15 is 0 Å². The van der Waals surface area contributed by atoms with Gasteiger partial charge in [-0.15, -0.1) is 11.3 Å². The largest absolute Gasteiger partial charge is 0.338 e. The van der Waals surface area contributed by atoms with Gasteiger partial charge < -0.3 is 4.90 Å². The van der Waals surface area contributed by atoms with Gasteiger partial charge in [0.2, 0.25) is 0 Å². The second-order valence-electron chi connectivity index (χ2n) is 8.06. The molecular weight excluding hydrogens is 290 g/mol. The second-order valence-corrected chi connectivity index (χ2v) is 9.00. The lowest BCUT2D eigenvalue weighted by Crippen LogP contribution is -2.47. The molecule has 1 aromatic rings. The fourth-order valence-corrected chi connectivity index (χ4v) is 6.54. The van der Waals surface area contributed by atoms with E-state index in [2.05, 4.69) is 11.8 Å². The summed E-state index contributed by atoms with van der Waals surface area (Å²) in [6.07, 6.45) is 10.0. The summed E-state index contributed by atoms with van der Waals surface area (Å²) in [4.78, 5) is 15.8. The van der Waals surface area contributed by atoms with E-state index in [1.54, 1.807) is 11.3 Å². The maximum Gasteiger partial charge on any atom is 0.263 e. The van der Waals surface area contributed by atoms with E-state index in [1.165, 1.54) is 44.9 Å². The fourth-order valence-electron chi connectivity index (χ4n) is 5.85. The molecule has 22 heavy (non-hydrogen) atoms. The molecule has 2 nitrogen and oxygen atoms in total. The lowest BCUT2D eigenvalue weighted by atomic mass is 9.58. The predicted molar refractivity (Wildman–Crippen MR) is 91.1 cm³/mol. The molecule has 4 aliphatic carbocycles. The molecular formula is C19H27NOS. The Morgan fingerprint density at radius 3 is 2.50 bits per heavy atom. The number of rotatable bonds is 4. The van der Waals surface area contributed by atoms with Gasteiger partial charge in [-0.3, -0.25) is 4.79 Å².